The Morgan fingerprint density at radius 1 is 1.09 bits per heavy atom. The highest BCUT2D eigenvalue weighted by atomic mass is 14.4. The molecule has 0 aromatic heterocycles. The molecule has 0 N–H and O–H groups in total. The average Bonchev–Trinajstić information content (AvgIpc) is 2.45. The average molecular weight is 150 g/mol. The Morgan fingerprint density at radius 3 is 2.73 bits per heavy atom. The molecule has 0 aliphatic heterocycles. The maximum absolute atomic E-state index is 2.47. The summed E-state index contributed by atoms with van der Waals surface area (Å²) in [7, 11) is 0. The minimum absolute atomic E-state index is 0.828. The van der Waals surface area contributed by atoms with Gasteiger partial charge < -0.3 is 0 Å². The predicted molar refractivity (Wildman–Crippen MR) is 48.3 cm³/mol. The Labute approximate surface area is 69.7 Å². The van der Waals surface area contributed by atoms with E-state index in [2.05, 4.69) is 26.0 Å². The van der Waals surface area contributed by atoms with Crippen molar-refractivity contribution >= 4 is 0 Å². The molecule has 0 heteroatoms. The number of hydrogen-bond donors (Lipinski definition) is 0. The molecule has 0 radical (unpaired) electrons. The van der Waals surface area contributed by atoms with Gasteiger partial charge >= 0.3 is 0 Å². The van der Waals surface area contributed by atoms with Crippen LogP contribution in [0.2, 0.25) is 0 Å². The monoisotopic (exact) mass is 150 g/mol. The first-order valence-corrected chi connectivity index (χ1v) is 4.97. The summed E-state index contributed by atoms with van der Waals surface area (Å²) in [4.78, 5) is 0. The molecule has 2 rings (SSSR count). The lowest BCUT2D eigenvalue weighted by molar-refractivity contribution is 0.247. The predicted octanol–water partition coefficient (Wildman–Crippen LogP) is 3.24. The van der Waals surface area contributed by atoms with Crippen LogP contribution in [0.15, 0.2) is 12.2 Å². The summed E-state index contributed by atoms with van der Waals surface area (Å²) in [5, 5.41) is 0. The summed E-state index contributed by atoms with van der Waals surface area (Å²) in [5.41, 5.74) is 0. The van der Waals surface area contributed by atoms with Crippen molar-refractivity contribution in [1.82, 2.24) is 0 Å². The van der Waals surface area contributed by atoms with Crippen molar-refractivity contribution in [2.75, 3.05) is 0 Å². The van der Waals surface area contributed by atoms with Crippen LogP contribution in [0.5, 0.6) is 0 Å². The van der Waals surface area contributed by atoms with Gasteiger partial charge in [0.1, 0.15) is 0 Å². The van der Waals surface area contributed by atoms with Crippen LogP contribution in [0.25, 0.3) is 0 Å². The highest BCUT2D eigenvalue weighted by molar-refractivity contribution is 5.05. The first-order valence-electron chi connectivity index (χ1n) is 4.97. The minimum Gasteiger partial charge on any atom is -0.0851 e. The second-order valence-electron chi connectivity index (χ2n) is 4.36. The number of allylic oxidation sites excluding steroid dienone is 2. The van der Waals surface area contributed by atoms with Crippen LogP contribution >= 0.6 is 0 Å². The van der Waals surface area contributed by atoms with Crippen molar-refractivity contribution in [2.45, 2.75) is 33.1 Å². The van der Waals surface area contributed by atoms with Crippen LogP contribution in [-0.4, -0.2) is 0 Å². The lowest BCUT2D eigenvalue weighted by Gasteiger charge is -2.31. The van der Waals surface area contributed by atoms with E-state index in [1.165, 1.54) is 19.3 Å². The molecule has 4 unspecified atom stereocenters. The smallest absolute Gasteiger partial charge is 0.0202 e. The van der Waals surface area contributed by atoms with Crippen molar-refractivity contribution in [3.8, 4) is 0 Å². The zero-order valence-electron chi connectivity index (χ0n) is 7.59. The summed E-state index contributed by atoms with van der Waals surface area (Å²) < 4.78 is 0. The second kappa shape index (κ2) is 2.66. The van der Waals surface area contributed by atoms with Gasteiger partial charge in [0, 0.05) is 0 Å². The third-order valence-corrected chi connectivity index (χ3v) is 3.79. The van der Waals surface area contributed by atoms with E-state index in [1.807, 2.05) is 0 Å². The van der Waals surface area contributed by atoms with Gasteiger partial charge in [0.05, 0.1) is 0 Å². The minimum atomic E-state index is 0.828. The van der Waals surface area contributed by atoms with Crippen LogP contribution in [-0.2, 0) is 0 Å². The van der Waals surface area contributed by atoms with Crippen molar-refractivity contribution in [3.63, 3.8) is 0 Å². The first-order chi connectivity index (χ1) is 5.29. The van der Waals surface area contributed by atoms with Crippen molar-refractivity contribution in [2.24, 2.45) is 23.7 Å². The fourth-order valence-electron chi connectivity index (χ4n) is 2.79. The van der Waals surface area contributed by atoms with E-state index >= 15 is 0 Å². The Balaban J connectivity index is 2.17. The summed E-state index contributed by atoms with van der Waals surface area (Å²) in [6, 6.07) is 0. The van der Waals surface area contributed by atoms with Crippen molar-refractivity contribution in [1.29, 1.82) is 0 Å². The molecule has 0 nitrogen and oxygen atoms in total. The maximum Gasteiger partial charge on any atom is -0.0202 e. The Morgan fingerprint density at radius 2 is 1.91 bits per heavy atom. The highest BCUT2D eigenvalue weighted by Crippen LogP contribution is 2.43. The van der Waals surface area contributed by atoms with E-state index in [4.69, 9.17) is 0 Å². The van der Waals surface area contributed by atoms with Crippen molar-refractivity contribution in [3.05, 3.63) is 12.2 Å². The van der Waals surface area contributed by atoms with Crippen LogP contribution in [0, 0.1) is 23.7 Å². The molecule has 11 heavy (non-hydrogen) atoms. The zero-order chi connectivity index (χ0) is 7.84. The van der Waals surface area contributed by atoms with E-state index in [0.717, 1.165) is 23.7 Å². The van der Waals surface area contributed by atoms with E-state index in [1.54, 1.807) is 0 Å². The number of hydrogen-bond acceptors (Lipinski definition) is 0. The molecule has 2 aliphatic carbocycles. The number of fused-ring (bicyclic) bond motifs is 1. The fourth-order valence-corrected chi connectivity index (χ4v) is 2.79. The van der Waals surface area contributed by atoms with Crippen LogP contribution in [0.1, 0.15) is 33.1 Å². The van der Waals surface area contributed by atoms with Crippen LogP contribution in [0.3, 0.4) is 0 Å². The quantitative estimate of drug-likeness (QED) is 0.465. The molecule has 0 bridgehead atoms. The first kappa shape index (κ1) is 7.39. The number of rotatable bonds is 0. The van der Waals surface area contributed by atoms with Gasteiger partial charge in [-0.2, -0.15) is 0 Å². The molecule has 2 aliphatic rings. The molecule has 0 spiro atoms. The van der Waals surface area contributed by atoms with Gasteiger partial charge in [-0.15, -0.1) is 0 Å². The second-order valence-corrected chi connectivity index (χ2v) is 4.36. The molecule has 4 atom stereocenters. The van der Waals surface area contributed by atoms with Gasteiger partial charge in [0.2, 0.25) is 0 Å². The van der Waals surface area contributed by atoms with Gasteiger partial charge in [-0.1, -0.05) is 32.4 Å². The molecule has 62 valence electrons. The van der Waals surface area contributed by atoms with E-state index in [9.17, 15) is 0 Å². The van der Waals surface area contributed by atoms with Crippen LogP contribution in [0.4, 0.5) is 0 Å². The van der Waals surface area contributed by atoms with Gasteiger partial charge in [0.25, 0.3) is 0 Å². The normalized spacial score (nSPS) is 49.3. The Kier molecular flexibility index (Phi) is 1.78. The summed E-state index contributed by atoms with van der Waals surface area (Å²) in [6.45, 7) is 4.78. The lowest BCUT2D eigenvalue weighted by Crippen LogP contribution is -2.24. The Hall–Kier alpha value is -0.260. The molecule has 1 fully saturated rings. The molecule has 1 saturated carbocycles. The topological polar surface area (TPSA) is 0 Å². The third-order valence-electron chi connectivity index (χ3n) is 3.79. The summed E-state index contributed by atoms with van der Waals surface area (Å²) in [6.07, 6.45) is 9.31. The van der Waals surface area contributed by atoms with E-state index < -0.39 is 0 Å². The van der Waals surface area contributed by atoms with Crippen molar-refractivity contribution < 1.29 is 0 Å². The van der Waals surface area contributed by atoms with E-state index in [0.29, 0.717) is 0 Å². The molecule has 0 saturated heterocycles. The lowest BCUT2D eigenvalue weighted by atomic mass is 9.74. The zero-order valence-corrected chi connectivity index (χ0v) is 7.59. The molecule has 0 aromatic rings. The molecule has 0 heterocycles. The molecular weight excluding hydrogens is 132 g/mol. The SMILES string of the molecule is CC1C=CC2CCCC2C1C. The third kappa shape index (κ3) is 1.13. The van der Waals surface area contributed by atoms with E-state index in [-0.39, 0.29) is 0 Å². The molecule has 0 amide bonds. The Bertz CT molecular complexity index is 169. The van der Waals surface area contributed by atoms with Gasteiger partial charge in [-0.05, 0) is 36.5 Å². The van der Waals surface area contributed by atoms with Crippen LogP contribution < -0.4 is 0 Å². The highest BCUT2D eigenvalue weighted by Gasteiger charge is 2.34. The standard InChI is InChI=1S/C11H18/c1-8-6-7-10-4-3-5-11(10)9(8)2/h6-11H,3-5H2,1-2H3. The van der Waals surface area contributed by atoms with Gasteiger partial charge in [-0.25, -0.2) is 0 Å². The van der Waals surface area contributed by atoms with Gasteiger partial charge in [0.15, 0.2) is 0 Å². The fraction of sp³-hybridized carbons (Fsp3) is 0.818. The molecule has 0 aromatic carbocycles. The molecular formula is C11H18. The van der Waals surface area contributed by atoms with Gasteiger partial charge in [-0.3, -0.25) is 0 Å². The largest absolute Gasteiger partial charge is 0.0851 e. The maximum atomic E-state index is 2.47. The summed E-state index contributed by atoms with van der Waals surface area (Å²) >= 11 is 0. The summed E-state index contributed by atoms with van der Waals surface area (Å²) in [5.74, 6) is 3.73.